The van der Waals surface area contributed by atoms with Gasteiger partial charge in [-0.2, -0.15) is 5.26 Å². The van der Waals surface area contributed by atoms with E-state index in [9.17, 15) is 10.1 Å². The largest absolute Gasteiger partial charge is 0.424 e. The van der Waals surface area contributed by atoms with Crippen molar-refractivity contribution in [3.63, 3.8) is 0 Å². The lowest BCUT2D eigenvalue weighted by Gasteiger charge is -2.35. The van der Waals surface area contributed by atoms with Crippen LogP contribution in [0.1, 0.15) is 132 Å². The molecule has 3 heteroatoms. The van der Waals surface area contributed by atoms with Gasteiger partial charge in [0.1, 0.15) is 11.8 Å². The number of carbonyl (C=O) groups excluding carboxylic acids is 1. The second kappa shape index (κ2) is 15.6. The third kappa shape index (κ3) is 8.46. The number of carbonyl (C=O) groups is 1. The third-order valence-corrected chi connectivity index (χ3v) is 8.11. The second-order valence-corrected chi connectivity index (χ2v) is 11.0. The number of nitrogens with zero attached hydrogens (tertiary/aromatic N) is 1. The van der Waals surface area contributed by atoms with Crippen LogP contribution >= 0.6 is 0 Å². The summed E-state index contributed by atoms with van der Waals surface area (Å²) in [5.41, 5.74) is 3.39. The summed E-state index contributed by atoms with van der Waals surface area (Å²) >= 11 is 0. The minimum absolute atomic E-state index is 0.205. The average Bonchev–Trinajstić information content (AvgIpc) is 2.94. The zero-order valence-electron chi connectivity index (χ0n) is 23.3. The van der Waals surface area contributed by atoms with E-state index in [1.165, 1.54) is 63.4 Å². The fourth-order valence-corrected chi connectivity index (χ4v) is 5.73. The van der Waals surface area contributed by atoms with E-state index in [0.29, 0.717) is 11.3 Å². The number of hydrogen-bond acceptors (Lipinski definition) is 3. The summed E-state index contributed by atoms with van der Waals surface area (Å²) in [5, 5.41) is 9.81. The van der Waals surface area contributed by atoms with Crippen molar-refractivity contribution in [3.05, 3.63) is 64.7 Å². The highest BCUT2D eigenvalue weighted by atomic mass is 16.5. The maximum atomic E-state index is 13.7. The smallest absolute Gasteiger partial charge is 0.321 e. The Bertz CT molecular complexity index is 995. The molecule has 37 heavy (non-hydrogen) atoms. The van der Waals surface area contributed by atoms with Crippen LogP contribution in [0.5, 0.6) is 5.75 Å². The number of rotatable bonds is 15. The summed E-state index contributed by atoms with van der Waals surface area (Å²) in [5.74, 6) is 0.194. The van der Waals surface area contributed by atoms with Gasteiger partial charge in [0.15, 0.2) is 0 Å². The molecule has 0 aliphatic heterocycles. The average molecular weight is 502 g/mol. The van der Waals surface area contributed by atoms with Gasteiger partial charge in [0.05, 0.1) is 11.0 Å². The first-order valence-corrected chi connectivity index (χ1v) is 15.0. The van der Waals surface area contributed by atoms with Crippen LogP contribution in [-0.4, -0.2) is 5.97 Å². The Morgan fingerprint density at radius 3 is 2.00 bits per heavy atom. The van der Waals surface area contributed by atoms with Gasteiger partial charge in [-0.25, -0.2) is 0 Å². The Kier molecular flexibility index (Phi) is 12.2. The lowest BCUT2D eigenvalue weighted by Crippen LogP contribution is -2.41. The fourth-order valence-electron chi connectivity index (χ4n) is 5.73. The Hall–Kier alpha value is -2.60. The number of unbranched alkanes of at least 4 members (excludes halogenated alkanes) is 8. The Labute approximate surface area is 225 Å². The van der Waals surface area contributed by atoms with Crippen LogP contribution < -0.4 is 4.74 Å². The lowest BCUT2D eigenvalue weighted by molar-refractivity contribution is -0.142. The molecule has 0 unspecified atom stereocenters. The maximum absolute atomic E-state index is 13.7. The Morgan fingerprint density at radius 1 is 0.784 bits per heavy atom. The summed E-state index contributed by atoms with van der Waals surface area (Å²) in [6, 6.07) is 16.7. The molecule has 0 spiro atoms. The highest BCUT2D eigenvalue weighted by Crippen LogP contribution is 2.41. The summed E-state index contributed by atoms with van der Waals surface area (Å²) in [4.78, 5) is 13.7. The number of aryl methyl sites for hydroxylation is 2. The van der Waals surface area contributed by atoms with E-state index in [0.717, 1.165) is 62.5 Å². The topological polar surface area (TPSA) is 50.1 Å². The lowest BCUT2D eigenvalue weighted by atomic mass is 9.69. The number of hydrogen-bond donors (Lipinski definition) is 0. The molecule has 2 aromatic rings. The molecule has 0 atom stereocenters. The number of ether oxygens (including phenoxy) is 1. The van der Waals surface area contributed by atoms with Crippen molar-refractivity contribution < 1.29 is 9.53 Å². The highest BCUT2D eigenvalue weighted by molar-refractivity contribution is 5.85. The molecule has 0 N–H and O–H groups in total. The molecular weight excluding hydrogens is 454 g/mol. The van der Waals surface area contributed by atoms with E-state index >= 15 is 0 Å². The van der Waals surface area contributed by atoms with Crippen LogP contribution in [0.3, 0.4) is 0 Å². The molecule has 0 heterocycles. The van der Waals surface area contributed by atoms with Gasteiger partial charge in [-0.15, -0.1) is 0 Å². The van der Waals surface area contributed by atoms with Gasteiger partial charge >= 0.3 is 5.97 Å². The summed E-state index contributed by atoms with van der Waals surface area (Å²) in [6.45, 7) is 4.47. The molecular formula is C34H47NO2. The van der Waals surface area contributed by atoms with Crippen molar-refractivity contribution in [2.24, 2.45) is 0 Å². The predicted octanol–water partition coefficient (Wildman–Crippen LogP) is 9.39. The van der Waals surface area contributed by atoms with Gasteiger partial charge in [0.25, 0.3) is 0 Å². The van der Waals surface area contributed by atoms with Crippen LogP contribution in [0, 0.1) is 11.3 Å². The molecule has 1 aliphatic rings. The van der Waals surface area contributed by atoms with E-state index in [4.69, 9.17) is 4.74 Å². The van der Waals surface area contributed by atoms with Crippen molar-refractivity contribution in [1.82, 2.24) is 0 Å². The van der Waals surface area contributed by atoms with Crippen LogP contribution in [0.4, 0.5) is 0 Å². The number of esters is 1. The van der Waals surface area contributed by atoms with Crippen molar-refractivity contribution in [2.75, 3.05) is 0 Å². The zero-order valence-corrected chi connectivity index (χ0v) is 23.3. The monoisotopic (exact) mass is 501 g/mol. The Morgan fingerprint density at radius 2 is 1.35 bits per heavy atom. The van der Waals surface area contributed by atoms with Gasteiger partial charge in [0, 0.05) is 0 Å². The standard InChI is InChI=1S/C34H47NO2/c1-3-5-7-9-10-13-17-29-20-23-32(30(26-29)27-35)37-33(36)34(24-14-11-15-25-34)31-21-18-28(19-22-31)16-12-8-6-4-2/h18-23,26H,3-17,24-25H2,1-2H3. The molecule has 0 saturated heterocycles. The van der Waals surface area contributed by atoms with Gasteiger partial charge in [-0.1, -0.05) is 115 Å². The van der Waals surface area contributed by atoms with Gasteiger partial charge < -0.3 is 4.74 Å². The van der Waals surface area contributed by atoms with Crippen LogP contribution in [-0.2, 0) is 23.1 Å². The minimum Gasteiger partial charge on any atom is -0.424 e. The Balaban J connectivity index is 1.68. The minimum atomic E-state index is -0.622. The van der Waals surface area contributed by atoms with E-state index in [1.54, 1.807) is 0 Å². The van der Waals surface area contributed by atoms with Crippen molar-refractivity contribution >= 4 is 5.97 Å². The molecule has 200 valence electrons. The first kappa shape index (κ1) is 29.0. The third-order valence-electron chi connectivity index (χ3n) is 8.11. The van der Waals surface area contributed by atoms with E-state index in [2.05, 4.69) is 44.2 Å². The molecule has 0 radical (unpaired) electrons. The van der Waals surface area contributed by atoms with E-state index in [1.807, 2.05) is 18.2 Å². The molecule has 0 aromatic heterocycles. The first-order valence-electron chi connectivity index (χ1n) is 15.0. The van der Waals surface area contributed by atoms with Gasteiger partial charge in [-0.3, -0.25) is 4.79 Å². The molecule has 3 nitrogen and oxygen atoms in total. The van der Waals surface area contributed by atoms with Gasteiger partial charge in [0.2, 0.25) is 0 Å². The van der Waals surface area contributed by atoms with Crippen LogP contribution in [0.15, 0.2) is 42.5 Å². The van der Waals surface area contributed by atoms with Gasteiger partial charge in [-0.05, 0) is 67.3 Å². The molecule has 3 rings (SSSR count). The SMILES string of the molecule is CCCCCCCCc1ccc(OC(=O)C2(c3ccc(CCCCCC)cc3)CCCCC2)c(C#N)c1. The normalized spacial score (nSPS) is 14.7. The predicted molar refractivity (Wildman–Crippen MR) is 153 cm³/mol. The number of nitriles is 1. The van der Waals surface area contributed by atoms with Crippen molar-refractivity contribution in [3.8, 4) is 11.8 Å². The maximum Gasteiger partial charge on any atom is 0.321 e. The van der Waals surface area contributed by atoms with Crippen molar-refractivity contribution in [2.45, 2.75) is 128 Å². The summed E-state index contributed by atoms with van der Waals surface area (Å²) < 4.78 is 6.02. The van der Waals surface area contributed by atoms with E-state index in [-0.39, 0.29) is 5.97 Å². The molecule has 1 fully saturated rings. The molecule has 0 amide bonds. The van der Waals surface area contributed by atoms with Crippen LogP contribution in [0.2, 0.25) is 0 Å². The van der Waals surface area contributed by atoms with Crippen LogP contribution in [0.25, 0.3) is 0 Å². The van der Waals surface area contributed by atoms with E-state index < -0.39 is 5.41 Å². The molecule has 1 aliphatic carbocycles. The summed E-state index contributed by atoms with van der Waals surface area (Å²) in [6.07, 6.45) is 19.4. The highest BCUT2D eigenvalue weighted by Gasteiger charge is 2.43. The molecule has 0 bridgehead atoms. The summed E-state index contributed by atoms with van der Waals surface area (Å²) in [7, 11) is 0. The fraction of sp³-hybridized carbons (Fsp3) is 0.588. The van der Waals surface area contributed by atoms with Crippen molar-refractivity contribution in [1.29, 1.82) is 5.26 Å². The molecule has 2 aromatic carbocycles. The first-order chi connectivity index (χ1) is 18.1. The quantitative estimate of drug-likeness (QED) is 0.139. The zero-order chi connectivity index (χ0) is 26.3. The molecule has 1 saturated carbocycles. The second-order valence-electron chi connectivity index (χ2n) is 11.0. The number of benzene rings is 2.